The van der Waals surface area contributed by atoms with Crippen molar-refractivity contribution in [3.05, 3.63) is 28.3 Å². The molecule has 0 spiro atoms. The Kier molecular flexibility index (Phi) is 5.30. The second-order valence-corrected chi connectivity index (χ2v) is 8.04. The van der Waals surface area contributed by atoms with Gasteiger partial charge in [-0.25, -0.2) is 13.1 Å². The summed E-state index contributed by atoms with van der Waals surface area (Å²) in [6.07, 6.45) is 3.83. The van der Waals surface area contributed by atoms with Gasteiger partial charge in [0.15, 0.2) is 0 Å². The van der Waals surface area contributed by atoms with E-state index in [0.29, 0.717) is 22.1 Å². The Labute approximate surface area is 131 Å². The Balaban J connectivity index is 2.25. The molecule has 4 nitrogen and oxygen atoms in total. The fourth-order valence-electron chi connectivity index (χ4n) is 2.81. The predicted octanol–water partition coefficient (Wildman–Crippen LogP) is 3.00. The van der Waals surface area contributed by atoms with E-state index < -0.39 is 10.0 Å². The number of halogens is 1. The number of hydrogen-bond acceptors (Lipinski definition) is 3. The van der Waals surface area contributed by atoms with Gasteiger partial charge in [0.25, 0.3) is 0 Å². The maximum atomic E-state index is 12.6. The van der Waals surface area contributed by atoms with Gasteiger partial charge in [-0.05, 0) is 61.8 Å². The number of benzene rings is 1. The number of aliphatic hydroxyl groups is 1. The zero-order valence-corrected chi connectivity index (χ0v) is 14.0. The second kappa shape index (κ2) is 6.65. The summed E-state index contributed by atoms with van der Waals surface area (Å²) in [5, 5.41) is 9.63. The van der Waals surface area contributed by atoms with Gasteiger partial charge in [0.2, 0.25) is 10.0 Å². The summed E-state index contributed by atoms with van der Waals surface area (Å²) in [6, 6.07) is 3.03. The molecule has 0 bridgehead atoms. The SMILES string of the molecule is Cc1c(CO)cc(Cl)cc1S(=O)(=O)NC1CCC(C)CC1. The Bertz CT molecular complexity index is 608. The summed E-state index contributed by atoms with van der Waals surface area (Å²) in [6.45, 7) is 3.66. The number of aliphatic hydroxyl groups excluding tert-OH is 1. The van der Waals surface area contributed by atoms with Gasteiger partial charge >= 0.3 is 0 Å². The van der Waals surface area contributed by atoms with Crippen LogP contribution < -0.4 is 4.72 Å². The largest absolute Gasteiger partial charge is 0.392 e. The summed E-state index contributed by atoms with van der Waals surface area (Å²) in [5.41, 5.74) is 1.10. The van der Waals surface area contributed by atoms with Crippen molar-refractivity contribution in [1.29, 1.82) is 0 Å². The van der Waals surface area contributed by atoms with Crippen LogP contribution in [0.4, 0.5) is 0 Å². The van der Waals surface area contributed by atoms with Crippen molar-refractivity contribution in [2.24, 2.45) is 5.92 Å². The van der Waals surface area contributed by atoms with E-state index in [1.165, 1.54) is 6.07 Å². The van der Waals surface area contributed by atoms with Crippen LogP contribution in [0.1, 0.15) is 43.7 Å². The van der Waals surface area contributed by atoms with E-state index in [0.717, 1.165) is 25.7 Å². The van der Waals surface area contributed by atoms with Gasteiger partial charge in [-0.1, -0.05) is 18.5 Å². The van der Waals surface area contributed by atoms with E-state index in [1.807, 2.05) is 0 Å². The smallest absolute Gasteiger partial charge is 0.241 e. The molecule has 2 rings (SSSR count). The van der Waals surface area contributed by atoms with Crippen molar-refractivity contribution in [2.45, 2.75) is 57.1 Å². The van der Waals surface area contributed by atoms with Crippen molar-refractivity contribution in [3.8, 4) is 0 Å². The van der Waals surface area contributed by atoms with E-state index in [4.69, 9.17) is 11.6 Å². The van der Waals surface area contributed by atoms with Crippen LogP contribution in [0.3, 0.4) is 0 Å². The molecule has 0 heterocycles. The molecule has 1 aromatic carbocycles. The molecule has 1 aromatic rings. The highest BCUT2D eigenvalue weighted by molar-refractivity contribution is 7.89. The van der Waals surface area contributed by atoms with Gasteiger partial charge in [-0.3, -0.25) is 0 Å². The van der Waals surface area contributed by atoms with Crippen LogP contribution in [0.5, 0.6) is 0 Å². The van der Waals surface area contributed by atoms with Crippen molar-refractivity contribution >= 4 is 21.6 Å². The minimum Gasteiger partial charge on any atom is -0.392 e. The van der Waals surface area contributed by atoms with Gasteiger partial charge < -0.3 is 5.11 Å². The Morgan fingerprint density at radius 2 is 1.90 bits per heavy atom. The molecule has 0 aromatic heterocycles. The number of sulfonamides is 1. The first kappa shape index (κ1) is 16.7. The minimum atomic E-state index is -3.61. The van der Waals surface area contributed by atoms with Crippen LogP contribution >= 0.6 is 11.6 Å². The van der Waals surface area contributed by atoms with Crippen LogP contribution in [0.25, 0.3) is 0 Å². The normalized spacial score (nSPS) is 23.2. The molecule has 1 fully saturated rings. The molecule has 1 aliphatic rings. The molecule has 1 aliphatic carbocycles. The standard InChI is InChI=1S/C15H22ClNO3S/c1-10-3-5-14(6-4-10)17-21(19,20)15-8-13(16)7-12(9-18)11(15)2/h7-8,10,14,17-18H,3-6,9H2,1-2H3. The molecule has 0 amide bonds. The van der Waals surface area contributed by atoms with Crippen molar-refractivity contribution in [3.63, 3.8) is 0 Å². The molecule has 1 saturated carbocycles. The maximum Gasteiger partial charge on any atom is 0.241 e. The molecule has 2 N–H and O–H groups in total. The fourth-order valence-corrected chi connectivity index (χ4v) is 4.74. The van der Waals surface area contributed by atoms with Crippen LogP contribution in [0, 0.1) is 12.8 Å². The topological polar surface area (TPSA) is 66.4 Å². The summed E-state index contributed by atoms with van der Waals surface area (Å²) in [5.74, 6) is 0.666. The zero-order valence-electron chi connectivity index (χ0n) is 12.4. The van der Waals surface area contributed by atoms with Crippen LogP contribution in [-0.4, -0.2) is 19.6 Å². The average molecular weight is 332 g/mol. The van der Waals surface area contributed by atoms with Gasteiger partial charge in [0.1, 0.15) is 0 Å². The van der Waals surface area contributed by atoms with Crippen molar-refractivity contribution in [2.75, 3.05) is 0 Å². The lowest BCUT2D eigenvalue weighted by Gasteiger charge is -2.27. The zero-order chi connectivity index (χ0) is 15.6. The lowest BCUT2D eigenvalue weighted by atomic mass is 9.88. The Morgan fingerprint density at radius 3 is 2.48 bits per heavy atom. The summed E-state index contributed by atoms with van der Waals surface area (Å²) >= 11 is 5.97. The molecule has 118 valence electrons. The van der Waals surface area contributed by atoms with Crippen molar-refractivity contribution in [1.82, 2.24) is 4.72 Å². The first-order valence-electron chi connectivity index (χ1n) is 7.25. The molecule has 0 radical (unpaired) electrons. The second-order valence-electron chi connectivity index (χ2n) is 5.92. The molecular weight excluding hydrogens is 310 g/mol. The monoisotopic (exact) mass is 331 g/mol. The molecule has 0 saturated heterocycles. The summed E-state index contributed by atoms with van der Waals surface area (Å²) in [4.78, 5) is 0.165. The third-order valence-corrected chi connectivity index (χ3v) is 6.09. The number of rotatable bonds is 4. The highest BCUT2D eigenvalue weighted by Crippen LogP contribution is 2.27. The van der Waals surface area contributed by atoms with Crippen LogP contribution in [-0.2, 0) is 16.6 Å². The summed E-state index contributed by atoms with van der Waals surface area (Å²) in [7, 11) is -3.61. The molecule has 0 unspecified atom stereocenters. The van der Waals surface area contributed by atoms with Crippen molar-refractivity contribution < 1.29 is 13.5 Å². The van der Waals surface area contributed by atoms with Crippen LogP contribution in [0.2, 0.25) is 5.02 Å². The van der Waals surface area contributed by atoms with E-state index in [1.54, 1.807) is 13.0 Å². The Hall–Kier alpha value is -0.620. The van der Waals surface area contributed by atoms with Gasteiger partial charge in [-0.2, -0.15) is 0 Å². The number of hydrogen-bond donors (Lipinski definition) is 2. The molecule has 21 heavy (non-hydrogen) atoms. The van der Waals surface area contributed by atoms with Crippen LogP contribution in [0.15, 0.2) is 17.0 Å². The molecule has 6 heteroatoms. The highest BCUT2D eigenvalue weighted by atomic mass is 35.5. The van der Waals surface area contributed by atoms with E-state index in [9.17, 15) is 13.5 Å². The van der Waals surface area contributed by atoms with E-state index >= 15 is 0 Å². The van der Waals surface area contributed by atoms with E-state index in [-0.39, 0.29) is 17.5 Å². The predicted molar refractivity (Wildman–Crippen MR) is 83.9 cm³/mol. The lowest BCUT2D eigenvalue weighted by molar-refractivity contribution is 0.280. The molecular formula is C15H22ClNO3S. The maximum absolute atomic E-state index is 12.6. The third-order valence-electron chi connectivity index (χ3n) is 4.23. The summed E-state index contributed by atoms with van der Waals surface area (Å²) < 4.78 is 27.9. The molecule has 0 aliphatic heterocycles. The first-order valence-corrected chi connectivity index (χ1v) is 9.12. The van der Waals surface area contributed by atoms with E-state index in [2.05, 4.69) is 11.6 Å². The fraction of sp³-hybridized carbons (Fsp3) is 0.600. The van der Waals surface area contributed by atoms with Gasteiger partial charge in [0.05, 0.1) is 11.5 Å². The quantitative estimate of drug-likeness (QED) is 0.891. The van der Waals surface area contributed by atoms with Gasteiger partial charge in [-0.15, -0.1) is 0 Å². The van der Waals surface area contributed by atoms with Gasteiger partial charge in [0, 0.05) is 11.1 Å². The number of nitrogens with one attached hydrogen (secondary N) is 1. The average Bonchev–Trinajstić information content (AvgIpc) is 2.43. The lowest BCUT2D eigenvalue weighted by Crippen LogP contribution is -2.37. The third kappa shape index (κ3) is 3.97. The first-order chi connectivity index (χ1) is 9.83. The highest BCUT2D eigenvalue weighted by Gasteiger charge is 2.26. The minimum absolute atomic E-state index is 0.0119. The molecule has 0 atom stereocenters. The Morgan fingerprint density at radius 1 is 1.29 bits per heavy atom.